The molecule has 2 heteroatoms. The molecular formula is C12H17NO. The minimum atomic E-state index is 0.282. The van der Waals surface area contributed by atoms with Gasteiger partial charge in [-0.15, -0.1) is 0 Å². The van der Waals surface area contributed by atoms with Crippen LogP contribution in [0.1, 0.15) is 18.4 Å². The Morgan fingerprint density at radius 2 is 2.00 bits per heavy atom. The Hall–Kier alpha value is -0.860. The van der Waals surface area contributed by atoms with E-state index >= 15 is 0 Å². The van der Waals surface area contributed by atoms with Gasteiger partial charge in [0.05, 0.1) is 6.61 Å². The SMILES string of the molecule is COCC1(NCc2ccccc2)CC1. The van der Waals surface area contributed by atoms with Crippen LogP contribution >= 0.6 is 0 Å². The van der Waals surface area contributed by atoms with Gasteiger partial charge in [-0.25, -0.2) is 0 Å². The van der Waals surface area contributed by atoms with Crippen molar-refractivity contribution in [3.05, 3.63) is 35.9 Å². The van der Waals surface area contributed by atoms with E-state index < -0.39 is 0 Å². The van der Waals surface area contributed by atoms with Gasteiger partial charge in [-0.2, -0.15) is 0 Å². The van der Waals surface area contributed by atoms with Crippen LogP contribution in [-0.2, 0) is 11.3 Å². The first-order valence-corrected chi connectivity index (χ1v) is 5.13. The summed E-state index contributed by atoms with van der Waals surface area (Å²) in [5.74, 6) is 0. The predicted molar refractivity (Wildman–Crippen MR) is 57.1 cm³/mol. The van der Waals surface area contributed by atoms with Gasteiger partial charge >= 0.3 is 0 Å². The van der Waals surface area contributed by atoms with Crippen molar-refractivity contribution >= 4 is 0 Å². The van der Waals surface area contributed by atoms with Crippen LogP contribution in [0, 0.1) is 0 Å². The maximum atomic E-state index is 5.20. The van der Waals surface area contributed by atoms with Crippen LogP contribution in [0.25, 0.3) is 0 Å². The zero-order valence-electron chi connectivity index (χ0n) is 8.62. The lowest BCUT2D eigenvalue weighted by Crippen LogP contribution is -2.34. The molecule has 1 aromatic carbocycles. The summed E-state index contributed by atoms with van der Waals surface area (Å²) in [5.41, 5.74) is 1.62. The summed E-state index contributed by atoms with van der Waals surface area (Å²) >= 11 is 0. The maximum Gasteiger partial charge on any atom is 0.0644 e. The Morgan fingerprint density at radius 3 is 2.57 bits per heavy atom. The molecule has 0 spiro atoms. The predicted octanol–water partition coefficient (Wildman–Crippen LogP) is 1.96. The van der Waals surface area contributed by atoms with E-state index in [9.17, 15) is 0 Å². The number of benzene rings is 1. The second kappa shape index (κ2) is 4.11. The molecule has 0 radical (unpaired) electrons. The quantitative estimate of drug-likeness (QED) is 0.768. The Kier molecular flexibility index (Phi) is 2.85. The molecule has 0 heterocycles. The highest BCUT2D eigenvalue weighted by Gasteiger charge is 2.41. The Morgan fingerprint density at radius 1 is 1.29 bits per heavy atom. The molecule has 2 nitrogen and oxygen atoms in total. The van der Waals surface area contributed by atoms with Crippen LogP contribution in [0.2, 0.25) is 0 Å². The van der Waals surface area contributed by atoms with Gasteiger partial charge in [-0.05, 0) is 18.4 Å². The molecule has 1 aliphatic carbocycles. The van der Waals surface area contributed by atoms with E-state index in [0.717, 1.165) is 13.2 Å². The van der Waals surface area contributed by atoms with Crippen molar-refractivity contribution in [3.63, 3.8) is 0 Å². The minimum Gasteiger partial charge on any atom is -0.383 e. The normalized spacial score (nSPS) is 18.1. The van der Waals surface area contributed by atoms with E-state index in [1.807, 2.05) is 6.07 Å². The Bertz CT molecular complexity index is 280. The third-order valence-corrected chi connectivity index (χ3v) is 2.78. The molecule has 1 aliphatic rings. The smallest absolute Gasteiger partial charge is 0.0644 e. The Balaban J connectivity index is 1.83. The van der Waals surface area contributed by atoms with Crippen molar-refractivity contribution in [3.8, 4) is 0 Å². The van der Waals surface area contributed by atoms with Gasteiger partial charge in [0.25, 0.3) is 0 Å². The molecule has 0 bridgehead atoms. The summed E-state index contributed by atoms with van der Waals surface area (Å²) < 4.78 is 5.20. The highest BCUT2D eigenvalue weighted by molar-refractivity contribution is 5.15. The molecule has 14 heavy (non-hydrogen) atoms. The summed E-state index contributed by atoms with van der Waals surface area (Å²) in [6.07, 6.45) is 2.49. The van der Waals surface area contributed by atoms with E-state index in [4.69, 9.17) is 4.74 Å². The third kappa shape index (κ3) is 2.34. The molecule has 0 saturated heterocycles. The van der Waals surface area contributed by atoms with Gasteiger partial charge in [0.15, 0.2) is 0 Å². The van der Waals surface area contributed by atoms with Crippen LogP contribution in [0.4, 0.5) is 0 Å². The van der Waals surface area contributed by atoms with Crippen LogP contribution in [0.3, 0.4) is 0 Å². The van der Waals surface area contributed by atoms with Gasteiger partial charge in [0.2, 0.25) is 0 Å². The molecule has 76 valence electrons. The zero-order valence-corrected chi connectivity index (χ0v) is 8.62. The highest BCUT2D eigenvalue weighted by Crippen LogP contribution is 2.35. The first kappa shape index (κ1) is 9.69. The summed E-state index contributed by atoms with van der Waals surface area (Å²) in [5, 5.41) is 3.56. The number of methoxy groups -OCH3 is 1. The molecule has 1 aromatic rings. The fraction of sp³-hybridized carbons (Fsp3) is 0.500. The third-order valence-electron chi connectivity index (χ3n) is 2.78. The van der Waals surface area contributed by atoms with E-state index in [1.54, 1.807) is 7.11 Å². The molecule has 0 unspecified atom stereocenters. The molecule has 1 fully saturated rings. The molecule has 0 aromatic heterocycles. The molecule has 2 rings (SSSR count). The average molecular weight is 191 g/mol. The van der Waals surface area contributed by atoms with Crippen LogP contribution in [0.15, 0.2) is 30.3 Å². The second-order valence-electron chi connectivity index (χ2n) is 4.05. The van der Waals surface area contributed by atoms with Crippen LogP contribution in [-0.4, -0.2) is 19.3 Å². The number of rotatable bonds is 5. The van der Waals surface area contributed by atoms with E-state index in [0.29, 0.717) is 0 Å². The molecule has 1 saturated carbocycles. The fourth-order valence-corrected chi connectivity index (χ4v) is 1.68. The minimum absolute atomic E-state index is 0.282. The number of ether oxygens (including phenoxy) is 1. The van der Waals surface area contributed by atoms with Crippen molar-refractivity contribution in [2.45, 2.75) is 24.9 Å². The van der Waals surface area contributed by atoms with Crippen molar-refractivity contribution < 1.29 is 4.74 Å². The lowest BCUT2D eigenvalue weighted by atomic mass is 10.2. The summed E-state index contributed by atoms with van der Waals surface area (Å²) in [6, 6.07) is 10.5. The van der Waals surface area contributed by atoms with Gasteiger partial charge in [-0.1, -0.05) is 30.3 Å². The standard InChI is InChI=1S/C12H17NO/c1-14-10-12(7-8-12)13-9-11-5-3-2-4-6-11/h2-6,13H,7-10H2,1H3. The summed E-state index contributed by atoms with van der Waals surface area (Å²) in [6.45, 7) is 1.78. The molecule has 1 N–H and O–H groups in total. The maximum absolute atomic E-state index is 5.20. The zero-order chi connectivity index (χ0) is 9.86. The second-order valence-corrected chi connectivity index (χ2v) is 4.05. The lowest BCUT2D eigenvalue weighted by molar-refractivity contribution is 0.156. The highest BCUT2D eigenvalue weighted by atomic mass is 16.5. The summed E-state index contributed by atoms with van der Waals surface area (Å²) in [4.78, 5) is 0. The Labute approximate surface area is 85.3 Å². The van der Waals surface area contributed by atoms with E-state index in [1.165, 1.54) is 18.4 Å². The molecular weight excluding hydrogens is 174 g/mol. The topological polar surface area (TPSA) is 21.3 Å². The number of hydrogen-bond donors (Lipinski definition) is 1. The van der Waals surface area contributed by atoms with Crippen molar-refractivity contribution in [1.29, 1.82) is 0 Å². The largest absolute Gasteiger partial charge is 0.383 e. The molecule has 0 amide bonds. The number of hydrogen-bond acceptors (Lipinski definition) is 2. The van der Waals surface area contributed by atoms with Crippen molar-refractivity contribution in [1.82, 2.24) is 5.32 Å². The lowest BCUT2D eigenvalue weighted by Gasteiger charge is -2.16. The van der Waals surface area contributed by atoms with E-state index in [2.05, 4.69) is 29.6 Å². The van der Waals surface area contributed by atoms with Gasteiger partial charge in [0, 0.05) is 19.2 Å². The van der Waals surface area contributed by atoms with Crippen LogP contribution < -0.4 is 5.32 Å². The van der Waals surface area contributed by atoms with E-state index in [-0.39, 0.29) is 5.54 Å². The van der Waals surface area contributed by atoms with Crippen molar-refractivity contribution in [2.75, 3.05) is 13.7 Å². The fourth-order valence-electron chi connectivity index (χ4n) is 1.68. The van der Waals surface area contributed by atoms with Gasteiger partial charge < -0.3 is 10.1 Å². The summed E-state index contributed by atoms with van der Waals surface area (Å²) in [7, 11) is 1.77. The van der Waals surface area contributed by atoms with Crippen LogP contribution in [0.5, 0.6) is 0 Å². The average Bonchev–Trinajstić information content (AvgIpc) is 2.98. The van der Waals surface area contributed by atoms with Gasteiger partial charge in [-0.3, -0.25) is 0 Å². The molecule has 0 atom stereocenters. The van der Waals surface area contributed by atoms with Crippen molar-refractivity contribution in [2.24, 2.45) is 0 Å². The monoisotopic (exact) mass is 191 g/mol. The number of nitrogens with one attached hydrogen (secondary N) is 1. The first-order chi connectivity index (χ1) is 6.85. The molecule has 0 aliphatic heterocycles. The first-order valence-electron chi connectivity index (χ1n) is 5.13. The van der Waals surface area contributed by atoms with Gasteiger partial charge in [0.1, 0.15) is 0 Å².